The van der Waals surface area contributed by atoms with E-state index in [1.54, 1.807) is 19.1 Å². The molecule has 0 aliphatic heterocycles. The third kappa shape index (κ3) is 3.31. The van der Waals surface area contributed by atoms with Crippen LogP contribution in [0.1, 0.15) is 33.9 Å². The molecule has 0 spiro atoms. The second kappa shape index (κ2) is 5.81. The van der Waals surface area contributed by atoms with Crippen molar-refractivity contribution in [3.63, 3.8) is 0 Å². The highest BCUT2D eigenvalue weighted by molar-refractivity contribution is 5.96. The summed E-state index contributed by atoms with van der Waals surface area (Å²) in [6, 6.07) is 4.02. The number of azide groups is 1. The quantitative estimate of drug-likeness (QED) is 0.478. The van der Waals surface area contributed by atoms with Gasteiger partial charge in [0.1, 0.15) is 0 Å². The highest BCUT2D eigenvalue weighted by atomic mass is 16.4. The van der Waals surface area contributed by atoms with E-state index in [1.165, 1.54) is 6.07 Å². The Morgan fingerprint density at radius 1 is 1.56 bits per heavy atom. The van der Waals surface area contributed by atoms with Gasteiger partial charge in [-0.15, -0.1) is 0 Å². The van der Waals surface area contributed by atoms with E-state index in [0.29, 0.717) is 11.1 Å². The fourth-order valence-corrected chi connectivity index (χ4v) is 1.56. The maximum atomic E-state index is 11.4. The zero-order valence-corrected chi connectivity index (χ0v) is 9.70. The van der Waals surface area contributed by atoms with Gasteiger partial charge in [-0.2, -0.15) is 0 Å². The number of rotatable bonds is 4. The highest BCUT2D eigenvalue weighted by Crippen LogP contribution is 2.19. The summed E-state index contributed by atoms with van der Waals surface area (Å²) in [6.45, 7) is 1.66. The Balaban J connectivity index is 3.02. The monoisotopic (exact) mass is 248 g/mol. The fourth-order valence-electron chi connectivity index (χ4n) is 1.56. The average molecular weight is 248 g/mol. The van der Waals surface area contributed by atoms with Crippen LogP contribution in [-0.2, 0) is 4.79 Å². The van der Waals surface area contributed by atoms with Crippen LogP contribution in [0.4, 0.5) is 0 Å². The summed E-state index contributed by atoms with van der Waals surface area (Å²) in [6.07, 6.45) is -0.191. The molecule has 0 radical (unpaired) electrons. The molecular formula is C11H12N4O3. The zero-order chi connectivity index (χ0) is 13.7. The van der Waals surface area contributed by atoms with Crippen LogP contribution in [0.25, 0.3) is 10.4 Å². The van der Waals surface area contributed by atoms with Gasteiger partial charge in [-0.3, -0.25) is 9.59 Å². The van der Waals surface area contributed by atoms with Crippen molar-refractivity contribution >= 4 is 11.9 Å². The molecule has 0 bridgehead atoms. The number of nitrogens with zero attached hydrogens (tertiary/aromatic N) is 3. The molecule has 1 rings (SSSR count). The summed E-state index contributed by atoms with van der Waals surface area (Å²) in [5.41, 5.74) is 15.4. The molecule has 94 valence electrons. The van der Waals surface area contributed by atoms with Crippen LogP contribution in [0.2, 0.25) is 0 Å². The molecule has 1 aromatic carbocycles. The Bertz CT molecular complexity index is 535. The van der Waals surface area contributed by atoms with Crippen LogP contribution in [0.3, 0.4) is 0 Å². The van der Waals surface area contributed by atoms with E-state index in [1.807, 2.05) is 0 Å². The number of carbonyl (C=O) groups is 2. The van der Waals surface area contributed by atoms with Crippen molar-refractivity contribution in [2.24, 2.45) is 10.8 Å². The Morgan fingerprint density at radius 3 is 2.72 bits per heavy atom. The first-order chi connectivity index (χ1) is 8.45. The molecule has 0 aromatic heterocycles. The molecular weight excluding hydrogens is 236 g/mol. The van der Waals surface area contributed by atoms with E-state index in [-0.39, 0.29) is 12.0 Å². The Labute approximate surface area is 103 Å². The predicted molar refractivity (Wildman–Crippen MR) is 63.8 cm³/mol. The molecule has 1 aromatic rings. The van der Waals surface area contributed by atoms with Crippen molar-refractivity contribution < 1.29 is 14.7 Å². The third-order valence-electron chi connectivity index (χ3n) is 2.44. The number of nitrogens with two attached hydrogens (primary N) is 1. The Kier molecular flexibility index (Phi) is 4.42. The maximum Gasteiger partial charge on any atom is 0.305 e. The molecule has 0 heterocycles. The van der Waals surface area contributed by atoms with E-state index >= 15 is 0 Å². The first-order valence-electron chi connectivity index (χ1n) is 5.13. The van der Waals surface area contributed by atoms with Crippen LogP contribution < -0.4 is 5.73 Å². The Hall–Kier alpha value is -2.37. The third-order valence-corrected chi connectivity index (χ3v) is 2.44. The topological polar surface area (TPSA) is 129 Å². The lowest BCUT2D eigenvalue weighted by Crippen LogP contribution is -2.15. The molecule has 18 heavy (non-hydrogen) atoms. The van der Waals surface area contributed by atoms with Crippen molar-refractivity contribution in [3.8, 4) is 0 Å². The van der Waals surface area contributed by atoms with Crippen molar-refractivity contribution in [1.82, 2.24) is 0 Å². The van der Waals surface area contributed by atoms with Crippen molar-refractivity contribution in [3.05, 3.63) is 45.3 Å². The van der Waals surface area contributed by atoms with Gasteiger partial charge in [0.15, 0.2) is 0 Å². The van der Waals surface area contributed by atoms with Gasteiger partial charge < -0.3 is 10.8 Å². The number of aliphatic carboxylic acids is 1. The molecule has 7 heteroatoms. The van der Waals surface area contributed by atoms with Crippen molar-refractivity contribution in [2.45, 2.75) is 19.4 Å². The SMILES string of the molecule is Cc1cc(C(N)CC(=O)O)ccc1C(=O)N=[N+]=[N-]. The molecule has 0 saturated heterocycles. The second-order valence-electron chi connectivity index (χ2n) is 3.77. The van der Waals surface area contributed by atoms with Gasteiger partial charge in [0, 0.05) is 16.5 Å². The number of hydrogen-bond donors (Lipinski definition) is 2. The number of carboxylic acids is 1. The van der Waals surface area contributed by atoms with E-state index in [9.17, 15) is 9.59 Å². The molecule has 3 N–H and O–H groups in total. The van der Waals surface area contributed by atoms with E-state index < -0.39 is 17.9 Å². The van der Waals surface area contributed by atoms with Gasteiger partial charge in [-0.25, -0.2) is 0 Å². The normalized spacial score (nSPS) is 11.4. The summed E-state index contributed by atoms with van der Waals surface area (Å²) in [4.78, 5) is 24.3. The lowest BCUT2D eigenvalue weighted by atomic mass is 9.99. The average Bonchev–Trinajstić information content (AvgIpc) is 2.28. The Morgan fingerprint density at radius 2 is 2.22 bits per heavy atom. The van der Waals surface area contributed by atoms with Crippen molar-refractivity contribution in [2.75, 3.05) is 0 Å². The second-order valence-corrected chi connectivity index (χ2v) is 3.77. The molecule has 1 amide bonds. The lowest BCUT2D eigenvalue weighted by Gasteiger charge is -2.11. The minimum absolute atomic E-state index is 0.191. The van der Waals surface area contributed by atoms with Crippen molar-refractivity contribution in [1.29, 1.82) is 0 Å². The van der Waals surface area contributed by atoms with E-state index in [2.05, 4.69) is 10.0 Å². The number of hydrogen-bond acceptors (Lipinski definition) is 3. The molecule has 0 aliphatic rings. The number of carbonyl (C=O) groups excluding carboxylic acids is 1. The molecule has 1 atom stereocenters. The molecule has 7 nitrogen and oxygen atoms in total. The molecule has 1 unspecified atom stereocenters. The van der Waals surface area contributed by atoms with Gasteiger partial charge >= 0.3 is 5.97 Å². The number of aryl methyl sites for hydroxylation is 1. The summed E-state index contributed by atoms with van der Waals surface area (Å²) in [5.74, 6) is -1.66. The standard InChI is InChI=1S/C11H12N4O3/c1-6-4-7(9(12)5-10(16)17)2-3-8(6)11(18)14-15-13/h2-4,9H,5,12H2,1H3,(H,16,17). The minimum atomic E-state index is -0.991. The van der Waals surface area contributed by atoms with E-state index in [0.717, 1.165) is 0 Å². The summed E-state index contributed by atoms with van der Waals surface area (Å²) in [7, 11) is 0. The van der Waals surface area contributed by atoms with Gasteiger partial charge in [0.2, 0.25) is 5.91 Å². The zero-order valence-electron chi connectivity index (χ0n) is 9.70. The van der Waals surface area contributed by atoms with Crippen LogP contribution in [0.15, 0.2) is 23.3 Å². The van der Waals surface area contributed by atoms with Gasteiger partial charge in [0.05, 0.1) is 6.42 Å². The predicted octanol–water partition coefficient (Wildman–Crippen LogP) is 1.92. The fraction of sp³-hybridized carbons (Fsp3) is 0.273. The first kappa shape index (κ1) is 13.7. The van der Waals surface area contributed by atoms with Crippen LogP contribution in [0.5, 0.6) is 0 Å². The lowest BCUT2D eigenvalue weighted by molar-refractivity contribution is -0.137. The van der Waals surface area contributed by atoms with Crippen LogP contribution >= 0.6 is 0 Å². The smallest absolute Gasteiger partial charge is 0.305 e. The number of amides is 1. The maximum absolute atomic E-state index is 11.4. The molecule has 0 fully saturated rings. The van der Waals surface area contributed by atoms with Gasteiger partial charge in [-0.1, -0.05) is 18.2 Å². The van der Waals surface area contributed by atoms with E-state index in [4.69, 9.17) is 16.4 Å². The highest BCUT2D eigenvalue weighted by Gasteiger charge is 2.13. The molecule has 0 aliphatic carbocycles. The van der Waals surface area contributed by atoms with Gasteiger partial charge in [0.25, 0.3) is 0 Å². The number of benzene rings is 1. The molecule has 0 saturated carbocycles. The largest absolute Gasteiger partial charge is 0.481 e. The summed E-state index contributed by atoms with van der Waals surface area (Å²) < 4.78 is 0. The van der Waals surface area contributed by atoms with Crippen LogP contribution in [0, 0.1) is 6.92 Å². The minimum Gasteiger partial charge on any atom is -0.481 e. The first-order valence-corrected chi connectivity index (χ1v) is 5.13. The summed E-state index contributed by atoms with van der Waals surface area (Å²) >= 11 is 0. The van der Waals surface area contributed by atoms with Crippen LogP contribution in [-0.4, -0.2) is 17.0 Å². The van der Waals surface area contributed by atoms with Gasteiger partial charge in [-0.05, 0) is 28.7 Å². The summed E-state index contributed by atoms with van der Waals surface area (Å²) in [5, 5.41) is 11.6. The number of carboxylic acid groups (broad SMARTS) is 1.